The number of halogens is 1. The van der Waals surface area contributed by atoms with Crippen molar-refractivity contribution in [3.05, 3.63) is 100 Å². The quantitative estimate of drug-likeness (QED) is 0.408. The number of aromatic nitrogens is 1. The molecule has 0 saturated heterocycles. The molecule has 0 unspecified atom stereocenters. The van der Waals surface area contributed by atoms with E-state index in [1.54, 1.807) is 12.1 Å². The molecule has 0 radical (unpaired) electrons. The third-order valence-corrected chi connectivity index (χ3v) is 5.03. The van der Waals surface area contributed by atoms with Crippen LogP contribution in [0.4, 0.5) is 11.4 Å². The predicted molar refractivity (Wildman–Crippen MR) is 116 cm³/mol. The summed E-state index contributed by atoms with van der Waals surface area (Å²) < 4.78 is 0. The Bertz CT molecular complexity index is 1200. The lowest BCUT2D eigenvalue weighted by Crippen LogP contribution is -2.04. The fourth-order valence-electron chi connectivity index (χ4n) is 3.22. The van der Waals surface area contributed by atoms with Crippen LogP contribution in [0.15, 0.2) is 72.8 Å². The molecule has 3 nitrogen and oxygen atoms in total. The van der Waals surface area contributed by atoms with E-state index < -0.39 is 0 Å². The molecule has 4 heteroatoms. The lowest BCUT2D eigenvalue weighted by molar-refractivity contribution is 0.103. The van der Waals surface area contributed by atoms with Crippen molar-refractivity contribution in [2.75, 3.05) is 5.32 Å². The fraction of sp³-hybridized carbons (Fsp3) is 0.0833. The summed E-state index contributed by atoms with van der Waals surface area (Å²) in [6.07, 6.45) is 0. The summed E-state index contributed by atoms with van der Waals surface area (Å²) in [6.45, 7) is 3.90. The van der Waals surface area contributed by atoms with Gasteiger partial charge in [-0.25, -0.2) is 0 Å². The minimum absolute atomic E-state index is 0.0678. The van der Waals surface area contributed by atoms with Crippen molar-refractivity contribution in [2.45, 2.75) is 13.8 Å². The Hall–Kier alpha value is -3.17. The zero-order valence-electron chi connectivity index (χ0n) is 15.7. The third kappa shape index (κ3) is 3.62. The minimum atomic E-state index is -0.0678. The standard InChI is InChI=1S/C24H19ClN2O/c1-15-5-3-4-6-20(15)24(28)21-11-9-19(14-22(21)25)27-18-10-12-23-17(13-18)8-7-16(2)26-23/h3-14,27H,1-2H3. The Morgan fingerprint density at radius 3 is 2.39 bits per heavy atom. The Balaban J connectivity index is 1.60. The van der Waals surface area contributed by atoms with Crippen LogP contribution in [0.2, 0.25) is 5.02 Å². The van der Waals surface area contributed by atoms with Crippen LogP contribution in [0, 0.1) is 13.8 Å². The van der Waals surface area contributed by atoms with Crippen molar-refractivity contribution < 1.29 is 4.79 Å². The number of ketones is 1. The average molecular weight is 387 g/mol. The van der Waals surface area contributed by atoms with Gasteiger partial charge in [0.15, 0.2) is 5.78 Å². The lowest BCUT2D eigenvalue weighted by atomic mass is 9.99. The highest BCUT2D eigenvalue weighted by Gasteiger charge is 2.15. The van der Waals surface area contributed by atoms with E-state index in [9.17, 15) is 4.79 Å². The summed E-state index contributed by atoms with van der Waals surface area (Å²) in [7, 11) is 0. The third-order valence-electron chi connectivity index (χ3n) is 4.72. The Morgan fingerprint density at radius 2 is 1.61 bits per heavy atom. The summed E-state index contributed by atoms with van der Waals surface area (Å²) in [5.41, 5.74) is 5.82. The molecule has 4 rings (SSSR count). The van der Waals surface area contributed by atoms with E-state index >= 15 is 0 Å². The molecule has 0 aliphatic carbocycles. The summed E-state index contributed by atoms with van der Waals surface area (Å²) >= 11 is 6.43. The van der Waals surface area contributed by atoms with E-state index in [1.807, 2.05) is 68.4 Å². The van der Waals surface area contributed by atoms with E-state index in [2.05, 4.69) is 16.4 Å². The Kier molecular flexibility index (Phi) is 4.84. The van der Waals surface area contributed by atoms with Gasteiger partial charge in [-0.1, -0.05) is 41.9 Å². The maximum atomic E-state index is 12.8. The van der Waals surface area contributed by atoms with Gasteiger partial charge < -0.3 is 5.32 Å². The van der Waals surface area contributed by atoms with Crippen LogP contribution in [0.5, 0.6) is 0 Å². The zero-order valence-corrected chi connectivity index (χ0v) is 16.4. The second kappa shape index (κ2) is 7.45. The van der Waals surface area contributed by atoms with Crippen molar-refractivity contribution in [3.63, 3.8) is 0 Å². The first-order chi connectivity index (χ1) is 13.5. The summed E-state index contributed by atoms with van der Waals surface area (Å²) in [4.78, 5) is 17.3. The first-order valence-corrected chi connectivity index (χ1v) is 9.43. The number of hydrogen-bond donors (Lipinski definition) is 1. The number of carbonyl (C=O) groups is 1. The highest BCUT2D eigenvalue weighted by molar-refractivity contribution is 6.35. The van der Waals surface area contributed by atoms with Crippen molar-refractivity contribution in [1.82, 2.24) is 4.98 Å². The van der Waals surface area contributed by atoms with Crippen LogP contribution in [0.3, 0.4) is 0 Å². The molecule has 0 aliphatic rings. The van der Waals surface area contributed by atoms with Gasteiger partial charge in [0.25, 0.3) is 0 Å². The highest BCUT2D eigenvalue weighted by atomic mass is 35.5. The molecule has 0 fully saturated rings. The lowest BCUT2D eigenvalue weighted by Gasteiger charge is -2.11. The SMILES string of the molecule is Cc1ccc2cc(Nc3ccc(C(=O)c4ccccc4C)c(Cl)c3)ccc2n1. The van der Waals surface area contributed by atoms with Gasteiger partial charge in [-0.15, -0.1) is 0 Å². The normalized spacial score (nSPS) is 10.8. The molecule has 0 bridgehead atoms. The molecule has 0 amide bonds. The van der Waals surface area contributed by atoms with Crippen LogP contribution < -0.4 is 5.32 Å². The molecule has 28 heavy (non-hydrogen) atoms. The molecule has 3 aromatic carbocycles. The van der Waals surface area contributed by atoms with Gasteiger partial charge in [-0.2, -0.15) is 0 Å². The van der Waals surface area contributed by atoms with Crippen molar-refractivity contribution in [1.29, 1.82) is 0 Å². The van der Waals surface area contributed by atoms with E-state index in [1.165, 1.54) is 0 Å². The second-order valence-corrected chi connectivity index (χ2v) is 7.23. The van der Waals surface area contributed by atoms with Crippen LogP contribution in [-0.2, 0) is 0 Å². The molecular formula is C24H19ClN2O. The number of carbonyl (C=O) groups excluding carboxylic acids is 1. The largest absolute Gasteiger partial charge is 0.355 e. The maximum absolute atomic E-state index is 12.8. The molecule has 0 saturated carbocycles. The number of anilines is 2. The average Bonchev–Trinajstić information content (AvgIpc) is 2.68. The Labute approximate surface area is 169 Å². The monoisotopic (exact) mass is 386 g/mol. The molecule has 0 atom stereocenters. The van der Waals surface area contributed by atoms with Crippen molar-refractivity contribution >= 4 is 39.7 Å². The number of benzene rings is 3. The second-order valence-electron chi connectivity index (χ2n) is 6.82. The van der Waals surface area contributed by atoms with Crippen LogP contribution in [-0.4, -0.2) is 10.8 Å². The molecule has 4 aromatic rings. The topological polar surface area (TPSA) is 42.0 Å². The maximum Gasteiger partial charge on any atom is 0.194 e. The molecule has 0 spiro atoms. The van der Waals surface area contributed by atoms with Crippen molar-refractivity contribution in [3.8, 4) is 0 Å². The number of pyridine rings is 1. The summed E-state index contributed by atoms with van der Waals surface area (Å²) in [5, 5.41) is 4.84. The van der Waals surface area contributed by atoms with Crippen LogP contribution >= 0.6 is 11.6 Å². The fourth-order valence-corrected chi connectivity index (χ4v) is 3.49. The number of nitrogens with zero attached hydrogens (tertiary/aromatic N) is 1. The number of rotatable bonds is 4. The summed E-state index contributed by atoms with van der Waals surface area (Å²) in [5.74, 6) is -0.0678. The van der Waals surface area contributed by atoms with E-state index in [-0.39, 0.29) is 5.78 Å². The molecule has 1 heterocycles. The van der Waals surface area contributed by atoms with Gasteiger partial charge in [-0.3, -0.25) is 9.78 Å². The zero-order chi connectivity index (χ0) is 19.7. The van der Waals surface area contributed by atoms with Crippen molar-refractivity contribution in [2.24, 2.45) is 0 Å². The first-order valence-electron chi connectivity index (χ1n) is 9.05. The van der Waals surface area contributed by atoms with Crippen LogP contribution in [0.25, 0.3) is 10.9 Å². The molecule has 0 aliphatic heterocycles. The summed E-state index contributed by atoms with van der Waals surface area (Å²) in [6, 6.07) is 23.0. The van der Waals surface area contributed by atoms with E-state index in [0.29, 0.717) is 16.1 Å². The smallest absolute Gasteiger partial charge is 0.194 e. The van der Waals surface area contributed by atoms with Crippen LogP contribution in [0.1, 0.15) is 27.2 Å². The predicted octanol–water partition coefficient (Wildman–Crippen LogP) is 6.48. The van der Waals surface area contributed by atoms with Gasteiger partial charge in [0.05, 0.1) is 10.5 Å². The van der Waals surface area contributed by atoms with E-state index in [4.69, 9.17) is 11.6 Å². The van der Waals surface area contributed by atoms with Gasteiger partial charge in [0.1, 0.15) is 0 Å². The minimum Gasteiger partial charge on any atom is -0.355 e. The number of nitrogens with one attached hydrogen (secondary N) is 1. The molecule has 138 valence electrons. The molecule has 1 aromatic heterocycles. The van der Waals surface area contributed by atoms with E-state index in [0.717, 1.165) is 33.5 Å². The Morgan fingerprint density at radius 1 is 0.857 bits per heavy atom. The molecule has 1 N–H and O–H groups in total. The van der Waals surface area contributed by atoms with Gasteiger partial charge in [0.2, 0.25) is 0 Å². The highest BCUT2D eigenvalue weighted by Crippen LogP contribution is 2.27. The van der Waals surface area contributed by atoms with Gasteiger partial charge in [0, 0.05) is 33.6 Å². The first kappa shape index (κ1) is 18.2. The number of fused-ring (bicyclic) bond motifs is 1. The van der Waals surface area contributed by atoms with Gasteiger partial charge in [-0.05, 0) is 61.9 Å². The van der Waals surface area contributed by atoms with Gasteiger partial charge >= 0.3 is 0 Å². The number of aryl methyl sites for hydroxylation is 2. The number of hydrogen-bond acceptors (Lipinski definition) is 3. The molecular weight excluding hydrogens is 368 g/mol.